The number of rotatable bonds is 7. The molecule has 0 amide bonds. The van der Waals surface area contributed by atoms with Crippen LogP contribution in [0.5, 0.6) is 0 Å². The summed E-state index contributed by atoms with van der Waals surface area (Å²) in [5, 5.41) is 3.71. The molecule has 2 heteroatoms. The summed E-state index contributed by atoms with van der Waals surface area (Å²) in [6.45, 7) is 14.0. The molecule has 0 aliphatic heterocycles. The third-order valence-corrected chi connectivity index (χ3v) is 5.16. The van der Waals surface area contributed by atoms with E-state index >= 15 is 0 Å². The molecule has 1 rings (SSSR count). The molecular formula is C16H33NS. The van der Waals surface area contributed by atoms with Gasteiger partial charge < -0.3 is 5.32 Å². The Bertz CT molecular complexity index is 224. The minimum absolute atomic E-state index is 0.422. The van der Waals surface area contributed by atoms with Crippen molar-refractivity contribution in [2.45, 2.75) is 71.5 Å². The summed E-state index contributed by atoms with van der Waals surface area (Å²) >= 11 is 2.13. The first-order chi connectivity index (χ1) is 8.33. The highest BCUT2D eigenvalue weighted by molar-refractivity contribution is 8.00. The Morgan fingerprint density at radius 1 is 1.17 bits per heavy atom. The molecule has 0 saturated heterocycles. The SMILES string of the molecule is CC(C)CNCC1(CCSC(C)(C)C)CCCC1. The monoisotopic (exact) mass is 271 g/mol. The molecule has 0 unspecified atom stereocenters. The van der Waals surface area contributed by atoms with E-state index in [1.165, 1.54) is 50.9 Å². The maximum absolute atomic E-state index is 3.71. The zero-order valence-corrected chi connectivity index (χ0v) is 14.0. The first-order valence-corrected chi connectivity index (χ1v) is 8.66. The number of thioether (sulfide) groups is 1. The lowest BCUT2D eigenvalue weighted by molar-refractivity contribution is 0.267. The predicted octanol–water partition coefficient (Wildman–Crippen LogP) is 4.71. The second-order valence-electron chi connectivity index (χ2n) is 7.44. The van der Waals surface area contributed by atoms with Crippen LogP contribution >= 0.6 is 11.8 Å². The molecule has 0 aromatic rings. The van der Waals surface area contributed by atoms with E-state index in [4.69, 9.17) is 0 Å². The van der Waals surface area contributed by atoms with E-state index in [1.54, 1.807) is 0 Å². The van der Waals surface area contributed by atoms with Gasteiger partial charge in [-0.15, -0.1) is 0 Å². The smallest absolute Gasteiger partial charge is 0.00750 e. The van der Waals surface area contributed by atoms with E-state index in [0.29, 0.717) is 10.2 Å². The minimum atomic E-state index is 0.422. The van der Waals surface area contributed by atoms with Crippen LogP contribution < -0.4 is 5.32 Å². The first-order valence-electron chi connectivity index (χ1n) is 7.68. The van der Waals surface area contributed by atoms with Gasteiger partial charge in [-0.25, -0.2) is 0 Å². The van der Waals surface area contributed by atoms with E-state index in [9.17, 15) is 0 Å². The Morgan fingerprint density at radius 2 is 1.78 bits per heavy atom. The first kappa shape index (κ1) is 16.4. The van der Waals surface area contributed by atoms with Crippen LogP contribution in [0.1, 0.15) is 66.7 Å². The zero-order valence-electron chi connectivity index (χ0n) is 13.1. The van der Waals surface area contributed by atoms with Gasteiger partial charge in [-0.3, -0.25) is 0 Å². The van der Waals surface area contributed by atoms with Crippen molar-refractivity contribution >= 4 is 11.8 Å². The quantitative estimate of drug-likeness (QED) is 0.719. The molecule has 1 fully saturated rings. The Hall–Kier alpha value is 0.310. The Labute approximate surface area is 119 Å². The van der Waals surface area contributed by atoms with Crippen molar-refractivity contribution in [3.05, 3.63) is 0 Å². The molecule has 1 N–H and O–H groups in total. The molecule has 0 radical (unpaired) electrons. The normalized spacial score (nSPS) is 19.7. The highest BCUT2D eigenvalue weighted by atomic mass is 32.2. The average Bonchev–Trinajstić information content (AvgIpc) is 2.64. The largest absolute Gasteiger partial charge is 0.316 e. The zero-order chi connectivity index (χ0) is 13.6. The molecule has 0 spiro atoms. The van der Waals surface area contributed by atoms with Gasteiger partial charge >= 0.3 is 0 Å². The fourth-order valence-corrected chi connectivity index (χ4v) is 3.99. The molecule has 0 bridgehead atoms. The molecular weight excluding hydrogens is 238 g/mol. The van der Waals surface area contributed by atoms with Gasteiger partial charge in [0.25, 0.3) is 0 Å². The number of hydrogen-bond donors (Lipinski definition) is 1. The van der Waals surface area contributed by atoms with Crippen molar-refractivity contribution in [1.82, 2.24) is 5.32 Å². The van der Waals surface area contributed by atoms with Crippen molar-refractivity contribution in [2.75, 3.05) is 18.8 Å². The van der Waals surface area contributed by atoms with Crippen LogP contribution in [0.25, 0.3) is 0 Å². The fourth-order valence-electron chi connectivity index (χ4n) is 2.84. The van der Waals surface area contributed by atoms with Gasteiger partial charge in [0.15, 0.2) is 0 Å². The summed E-state index contributed by atoms with van der Waals surface area (Å²) in [7, 11) is 0. The van der Waals surface area contributed by atoms with Crippen LogP contribution in [0.3, 0.4) is 0 Å². The minimum Gasteiger partial charge on any atom is -0.316 e. The molecule has 0 aromatic carbocycles. The molecule has 0 atom stereocenters. The van der Waals surface area contributed by atoms with Gasteiger partial charge in [-0.05, 0) is 42.9 Å². The van der Waals surface area contributed by atoms with Crippen molar-refractivity contribution in [3.63, 3.8) is 0 Å². The summed E-state index contributed by atoms with van der Waals surface area (Å²) < 4.78 is 0.422. The van der Waals surface area contributed by atoms with E-state index in [-0.39, 0.29) is 0 Å². The second kappa shape index (κ2) is 7.19. The molecule has 0 aromatic heterocycles. The van der Waals surface area contributed by atoms with Gasteiger partial charge in [0.2, 0.25) is 0 Å². The average molecular weight is 272 g/mol. The van der Waals surface area contributed by atoms with Gasteiger partial charge in [0.05, 0.1) is 0 Å². The van der Waals surface area contributed by atoms with E-state index in [1.807, 2.05) is 0 Å². The summed E-state index contributed by atoms with van der Waals surface area (Å²) in [6.07, 6.45) is 7.19. The summed E-state index contributed by atoms with van der Waals surface area (Å²) in [6, 6.07) is 0. The lowest BCUT2D eigenvalue weighted by atomic mass is 9.83. The van der Waals surface area contributed by atoms with Gasteiger partial charge in [-0.2, -0.15) is 11.8 Å². The number of nitrogens with one attached hydrogen (secondary N) is 1. The molecule has 18 heavy (non-hydrogen) atoms. The van der Waals surface area contributed by atoms with Crippen molar-refractivity contribution in [1.29, 1.82) is 0 Å². The van der Waals surface area contributed by atoms with Gasteiger partial charge in [0, 0.05) is 11.3 Å². The van der Waals surface area contributed by atoms with E-state index in [2.05, 4.69) is 51.7 Å². The fraction of sp³-hybridized carbons (Fsp3) is 1.00. The predicted molar refractivity (Wildman–Crippen MR) is 85.4 cm³/mol. The summed E-state index contributed by atoms with van der Waals surface area (Å²) in [5.74, 6) is 2.10. The topological polar surface area (TPSA) is 12.0 Å². The van der Waals surface area contributed by atoms with E-state index < -0.39 is 0 Å². The standard InChI is InChI=1S/C16H33NS/c1-14(2)12-17-13-16(8-6-7-9-16)10-11-18-15(3,4)5/h14,17H,6-13H2,1-5H3. The molecule has 1 nitrogen and oxygen atoms in total. The maximum atomic E-state index is 3.71. The molecule has 1 aliphatic carbocycles. The van der Waals surface area contributed by atoms with Crippen LogP contribution in [0, 0.1) is 11.3 Å². The Balaban J connectivity index is 2.33. The van der Waals surface area contributed by atoms with Crippen LogP contribution in [0.4, 0.5) is 0 Å². The molecule has 1 saturated carbocycles. The molecule has 1 aliphatic rings. The van der Waals surface area contributed by atoms with Crippen LogP contribution in [0.2, 0.25) is 0 Å². The van der Waals surface area contributed by atoms with Crippen LogP contribution in [0.15, 0.2) is 0 Å². The number of hydrogen-bond acceptors (Lipinski definition) is 2. The lowest BCUT2D eigenvalue weighted by Gasteiger charge is -2.31. The van der Waals surface area contributed by atoms with Crippen molar-refractivity contribution in [3.8, 4) is 0 Å². The van der Waals surface area contributed by atoms with Crippen LogP contribution in [-0.4, -0.2) is 23.6 Å². The highest BCUT2D eigenvalue weighted by Crippen LogP contribution is 2.42. The lowest BCUT2D eigenvalue weighted by Crippen LogP contribution is -2.34. The molecule has 108 valence electrons. The Morgan fingerprint density at radius 3 is 2.28 bits per heavy atom. The maximum Gasteiger partial charge on any atom is 0.00750 e. The Kier molecular flexibility index (Phi) is 6.54. The highest BCUT2D eigenvalue weighted by Gasteiger charge is 2.33. The third-order valence-electron chi connectivity index (χ3n) is 3.88. The van der Waals surface area contributed by atoms with Crippen LogP contribution in [-0.2, 0) is 0 Å². The van der Waals surface area contributed by atoms with Crippen molar-refractivity contribution < 1.29 is 0 Å². The summed E-state index contributed by atoms with van der Waals surface area (Å²) in [5.41, 5.74) is 0.618. The van der Waals surface area contributed by atoms with Gasteiger partial charge in [0.1, 0.15) is 0 Å². The third kappa shape index (κ3) is 6.47. The van der Waals surface area contributed by atoms with Gasteiger partial charge in [-0.1, -0.05) is 47.5 Å². The summed E-state index contributed by atoms with van der Waals surface area (Å²) in [4.78, 5) is 0. The molecule has 0 heterocycles. The van der Waals surface area contributed by atoms with E-state index in [0.717, 1.165) is 5.92 Å². The van der Waals surface area contributed by atoms with Crippen molar-refractivity contribution in [2.24, 2.45) is 11.3 Å². The second-order valence-corrected chi connectivity index (χ2v) is 9.36.